The molecule has 0 aliphatic carbocycles. The van der Waals surface area contributed by atoms with Crippen LogP contribution in [0.3, 0.4) is 0 Å². The van der Waals surface area contributed by atoms with Crippen LogP contribution in [0.4, 0.5) is 0 Å². The van der Waals surface area contributed by atoms with Crippen molar-refractivity contribution in [3.8, 4) is 0 Å². The van der Waals surface area contributed by atoms with Crippen LogP contribution in [0.25, 0.3) is 0 Å². The molecule has 1 aromatic heterocycles. The van der Waals surface area contributed by atoms with E-state index in [9.17, 15) is 9.59 Å². The predicted octanol–water partition coefficient (Wildman–Crippen LogP) is 3.24. The molecule has 2 heterocycles. The Morgan fingerprint density at radius 2 is 1.94 bits per heavy atom. The van der Waals surface area contributed by atoms with Gasteiger partial charge in [-0.2, -0.15) is 0 Å². The maximum absolute atomic E-state index is 13.1. The van der Waals surface area contributed by atoms with Crippen molar-refractivity contribution in [2.24, 2.45) is 0 Å². The summed E-state index contributed by atoms with van der Waals surface area (Å²) in [6.07, 6.45) is 4.34. The number of hydrogen-bond donors (Lipinski definition) is 0. The Bertz CT molecular complexity index is 788. The number of furan rings is 1. The number of ether oxygens (including phenoxy) is 2. The van der Waals surface area contributed by atoms with Crippen LogP contribution in [-0.2, 0) is 32.2 Å². The number of hydrogen-bond acceptors (Lipinski definition) is 5. The summed E-state index contributed by atoms with van der Waals surface area (Å²) in [6, 6.07) is 13.4. The molecule has 1 aromatic carbocycles. The first-order valence-corrected chi connectivity index (χ1v) is 11.0. The number of carbonyl (C=O) groups excluding carboxylic acids is 2. The highest BCUT2D eigenvalue weighted by Gasteiger charge is 2.26. The van der Waals surface area contributed by atoms with Gasteiger partial charge in [0.1, 0.15) is 12.4 Å². The molecule has 2 aromatic rings. The van der Waals surface area contributed by atoms with E-state index in [0.717, 1.165) is 31.4 Å². The minimum atomic E-state index is -0.179. The predicted molar refractivity (Wildman–Crippen MR) is 116 cm³/mol. The van der Waals surface area contributed by atoms with Gasteiger partial charge in [0.25, 0.3) is 0 Å². The number of carbonyl (C=O) groups is 2. The van der Waals surface area contributed by atoms with Gasteiger partial charge in [-0.25, -0.2) is 0 Å². The third kappa shape index (κ3) is 7.52. The molecular formula is C24H32N2O5. The maximum Gasteiger partial charge on any atom is 0.249 e. The summed E-state index contributed by atoms with van der Waals surface area (Å²) in [4.78, 5) is 29.2. The molecule has 0 N–H and O–H groups in total. The van der Waals surface area contributed by atoms with E-state index in [4.69, 9.17) is 13.9 Å². The summed E-state index contributed by atoms with van der Waals surface area (Å²) in [7, 11) is 0. The largest absolute Gasteiger partial charge is 0.467 e. The van der Waals surface area contributed by atoms with E-state index in [2.05, 4.69) is 0 Å². The van der Waals surface area contributed by atoms with Crippen LogP contribution < -0.4 is 0 Å². The molecular weight excluding hydrogens is 396 g/mol. The van der Waals surface area contributed by atoms with Crippen LogP contribution in [0.1, 0.15) is 37.5 Å². The van der Waals surface area contributed by atoms with Gasteiger partial charge in [-0.3, -0.25) is 9.59 Å². The summed E-state index contributed by atoms with van der Waals surface area (Å²) in [5.41, 5.74) is 1.01. The van der Waals surface area contributed by atoms with Crippen molar-refractivity contribution >= 4 is 11.8 Å². The second kappa shape index (κ2) is 12.3. The van der Waals surface area contributed by atoms with Crippen LogP contribution >= 0.6 is 0 Å². The second-order valence-electron chi connectivity index (χ2n) is 7.78. The van der Waals surface area contributed by atoms with Crippen LogP contribution in [0, 0.1) is 0 Å². The topological polar surface area (TPSA) is 72.2 Å². The van der Waals surface area contributed by atoms with Gasteiger partial charge < -0.3 is 23.7 Å². The Labute approximate surface area is 183 Å². The molecule has 1 atom stereocenters. The monoisotopic (exact) mass is 428 g/mol. The molecule has 168 valence electrons. The first kappa shape index (κ1) is 23.0. The Hall–Kier alpha value is -2.64. The average Bonchev–Trinajstić information content (AvgIpc) is 3.48. The van der Waals surface area contributed by atoms with Crippen molar-refractivity contribution < 1.29 is 23.5 Å². The highest BCUT2D eigenvalue weighted by Crippen LogP contribution is 2.16. The van der Waals surface area contributed by atoms with E-state index >= 15 is 0 Å². The molecule has 0 spiro atoms. The van der Waals surface area contributed by atoms with Gasteiger partial charge >= 0.3 is 0 Å². The van der Waals surface area contributed by atoms with Gasteiger partial charge in [0.15, 0.2) is 0 Å². The number of benzene rings is 1. The zero-order chi connectivity index (χ0) is 21.9. The van der Waals surface area contributed by atoms with Crippen LogP contribution in [0.2, 0.25) is 0 Å². The molecule has 0 saturated carbocycles. The minimum Gasteiger partial charge on any atom is -0.467 e. The van der Waals surface area contributed by atoms with E-state index in [0.29, 0.717) is 32.0 Å². The average molecular weight is 429 g/mol. The van der Waals surface area contributed by atoms with E-state index in [-0.39, 0.29) is 31.1 Å². The van der Waals surface area contributed by atoms with Gasteiger partial charge in [0.05, 0.1) is 32.1 Å². The quantitative estimate of drug-likeness (QED) is 0.519. The van der Waals surface area contributed by atoms with Crippen molar-refractivity contribution in [1.29, 1.82) is 0 Å². The van der Waals surface area contributed by atoms with Gasteiger partial charge in [-0.1, -0.05) is 37.3 Å². The standard InChI is InChI=1S/C24H32N2O5/c1-2-12-25(24(28)19-29-18-20-8-4-3-5-9-20)17-23(27)26(15-21-10-6-13-30-21)16-22-11-7-14-31-22/h3-6,8-10,13,22H,2,7,11-12,14-19H2,1H3/t22-/m0/s1. The fourth-order valence-electron chi connectivity index (χ4n) is 3.63. The Balaban J connectivity index is 1.56. The highest BCUT2D eigenvalue weighted by molar-refractivity contribution is 5.85. The normalized spacial score (nSPS) is 15.7. The molecule has 1 saturated heterocycles. The van der Waals surface area contributed by atoms with Gasteiger partial charge in [-0.05, 0) is 37.0 Å². The lowest BCUT2D eigenvalue weighted by Crippen LogP contribution is -2.46. The summed E-state index contributed by atoms with van der Waals surface area (Å²) >= 11 is 0. The Kier molecular flexibility index (Phi) is 9.12. The molecule has 31 heavy (non-hydrogen) atoms. The summed E-state index contributed by atoms with van der Waals surface area (Å²) in [5.74, 6) is 0.420. The first-order valence-electron chi connectivity index (χ1n) is 11.0. The molecule has 1 aliphatic heterocycles. The third-order valence-electron chi connectivity index (χ3n) is 5.24. The number of nitrogens with zero attached hydrogens (tertiary/aromatic N) is 2. The van der Waals surface area contributed by atoms with Crippen LogP contribution in [0.5, 0.6) is 0 Å². The van der Waals surface area contributed by atoms with Gasteiger partial charge in [-0.15, -0.1) is 0 Å². The zero-order valence-corrected chi connectivity index (χ0v) is 18.2. The molecule has 1 aliphatic rings. The smallest absolute Gasteiger partial charge is 0.249 e. The third-order valence-corrected chi connectivity index (χ3v) is 5.24. The molecule has 2 amide bonds. The summed E-state index contributed by atoms with van der Waals surface area (Å²) in [6.45, 7) is 4.43. The molecule has 3 rings (SSSR count). The van der Waals surface area contributed by atoms with E-state index in [1.54, 1.807) is 22.1 Å². The Morgan fingerprint density at radius 1 is 1.10 bits per heavy atom. The second-order valence-corrected chi connectivity index (χ2v) is 7.78. The SMILES string of the molecule is CCCN(CC(=O)N(Cc1ccco1)C[C@@H]1CCCO1)C(=O)COCc1ccccc1. The summed E-state index contributed by atoms with van der Waals surface area (Å²) in [5, 5.41) is 0. The molecule has 0 radical (unpaired) electrons. The van der Waals surface area contributed by atoms with Crippen molar-refractivity contribution in [3.05, 3.63) is 60.1 Å². The van der Waals surface area contributed by atoms with Crippen molar-refractivity contribution in [3.63, 3.8) is 0 Å². The fraction of sp³-hybridized carbons (Fsp3) is 0.500. The highest BCUT2D eigenvalue weighted by atomic mass is 16.5. The fourth-order valence-corrected chi connectivity index (χ4v) is 3.63. The number of rotatable bonds is 12. The van der Waals surface area contributed by atoms with E-state index in [1.807, 2.05) is 43.3 Å². The lowest BCUT2D eigenvalue weighted by molar-refractivity contribution is -0.144. The molecule has 7 nitrogen and oxygen atoms in total. The first-order chi connectivity index (χ1) is 15.2. The van der Waals surface area contributed by atoms with Crippen LogP contribution in [-0.4, -0.2) is 60.6 Å². The zero-order valence-electron chi connectivity index (χ0n) is 18.2. The minimum absolute atomic E-state index is 0.0226. The lowest BCUT2D eigenvalue weighted by Gasteiger charge is -2.28. The summed E-state index contributed by atoms with van der Waals surface area (Å²) < 4.78 is 16.8. The molecule has 0 unspecified atom stereocenters. The van der Waals surface area contributed by atoms with Crippen LogP contribution in [0.15, 0.2) is 53.1 Å². The molecule has 0 bridgehead atoms. The maximum atomic E-state index is 13.1. The van der Waals surface area contributed by atoms with Gasteiger partial charge in [0, 0.05) is 19.7 Å². The van der Waals surface area contributed by atoms with Gasteiger partial charge in [0.2, 0.25) is 11.8 Å². The number of amides is 2. The van der Waals surface area contributed by atoms with E-state index < -0.39 is 0 Å². The van der Waals surface area contributed by atoms with E-state index in [1.165, 1.54) is 0 Å². The molecule has 1 fully saturated rings. The van der Waals surface area contributed by atoms with Crippen molar-refractivity contribution in [2.45, 2.75) is 45.4 Å². The lowest BCUT2D eigenvalue weighted by atomic mass is 10.2. The Morgan fingerprint density at radius 3 is 2.61 bits per heavy atom. The molecule has 7 heteroatoms. The van der Waals surface area contributed by atoms with Crippen molar-refractivity contribution in [2.75, 3.05) is 32.8 Å². The van der Waals surface area contributed by atoms with Crippen molar-refractivity contribution in [1.82, 2.24) is 9.80 Å².